The van der Waals surface area contributed by atoms with Gasteiger partial charge in [-0.15, -0.1) is 5.10 Å². The number of rotatable bonds is 6. The highest BCUT2D eigenvalue weighted by atomic mass is 16.5. The molecule has 1 aromatic carbocycles. The summed E-state index contributed by atoms with van der Waals surface area (Å²) >= 11 is 0. The van der Waals surface area contributed by atoms with E-state index in [-0.39, 0.29) is 0 Å². The van der Waals surface area contributed by atoms with Crippen LogP contribution in [0.15, 0.2) is 36.4 Å². The lowest BCUT2D eigenvalue weighted by Crippen LogP contribution is -2.18. The number of nitrogens with one attached hydrogen (secondary N) is 2. The van der Waals surface area contributed by atoms with Crippen LogP contribution in [0.3, 0.4) is 0 Å². The summed E-state index contributed by atoms with van der Waals surface area (Å²) in [4.78, 5) is 4.70. The number of nitrogens with zero attached hydrogens (tertiary/aromatic N) is 4. The second kappa shape index (κ2) is 9.11. The lowest BCUT2D eigenvalue weighted by atomic mass is 9.94. The van der Waals surface area contributed by atoms with Crippen molar-refractivity contribution in [3.05, 3.63) is 47.8 Å². The van der Waals surface area contributed by atoms with E-state index in [0.717, 1.165) is 81.8 Å². The van der Waals surface area contributed by atoms with Gasteiger partial charge in [0.05, 0.1) is 5.52 Å². The maximum Gasteiger partial charge on any atom is 0.247 e. The second-order valence-electron chi connectivity index (χ2n) is 9.30. The largest absolute Gasteiger partial charge is 0.381 e. The molecule has 0 bridgehead atoms. The molecule has 0 saturated carbocycles. The predicted octanol–water partition coefficient (Wildman–Crippen LogP) is 4.29. The average molecular weight is 447 g/mol. The molecule has 3 aromatic heterocycles. The maximum absolute atomic E-state index is 5.51. The smallest absolute Gasteiger partial charge is 0.247 e. The van der Waals surface area contributed by atoms with Gasteiger partial charge < -0.3 is 14.8 Å². The van der Waals surface area contributed by atoms with Gasteiger partial charge in [-0.25, -0.2) is 4.52 Å². The Labute approximate surface area is 192 Å². The molecule has 0 unspecified atom stereocenters. The summed E-state index contributed by atoms with van der Waals surface area (Å²) in [5.41, 5.74) is 5.17. The number of pyridine rings is 1. The topological polar surface area (TPSA) is 89.4 Å². The summed E-state index contributed by atoms with van der Waals surface area (Å²) in [6, 6.07) is 12.5. The van der Waals surface area contributed by atoms with Crippen molar-refractivity contribution in [2.24, 2.45) is 11.8 Å². The zero-order valence-electron chi connectivity index (χ0n) is 18.8. The van der Waals surface area contributed by atoms with E-state index in [4.69, 9.17) is 19.6 Å². The van der Waals surface area contributed by atoms with Gasteiger partial charge in [-0.1, -0.05) is 6.07 Å². The number of anilines is 2. The van der Waals surface area contributed by atoms with Crippen LogP contribution in [0.2, 0.25) is 0 Å². The lowest BCUT2D eigenvalue weighted by molar-refractivity contribution is 0.0661. The van der Waals surface area contributed by atoms with Crippen molar-refractivity contribution in [2.75, 3.05) is 31.7 Å². The van der Waals surface area contributed by atoms with Gasteiger partial charge in [0.15, 0.2) is 5.65 Å². The van der Waals surface area contributed by atoms with E-state index in [2.05, 4.69) is 45.8 Å². The average Bonchev–Trinajstić information content (AvgIpc) is 3.44. The number of aromatic amines is 1. The number of benzene rings is 1. The fourth-order valence-corrected chi connectivity index (χ4v) is 5.08. The molecular formula is C25H30N6O2. The van der Waals surface area contributed by atoms with Crippen molar-refractivity contribution < 1.29 is 9.47 Å². The van der Waals surface area contributed by atoms with Gasteiger partial charge in [0, 0.05) is 48.9 Å². The maximum atomic E-state index is 5.51. The third kappa shape index (κ3) is 4.45. The number of ether oxygens (including phenoxy) is 2. The molecule has 2 aliphatic rings. The lowest BCUT2D eigenvalue weighted by Gasteiger charge is -2.21. The SMILES string of the molecule is c1cc(CC2CCOCC2)n2nc(Nc3ccc4c(CC5CCOCC5)[nH]nc4c3)nc2c1. The minimum Gasteiger partial charge on any atom is -0.381 e. The van der Waals surface area contributed by atoms with Crippen LogP contribution in [0.4, 0.5) is 11.6 Å². The fourth-order valence-electron chi connectivity index (χ4n) is 5.08. The molecule has 5 heterocycles. The Morgan fingerprint density at radius 2 is 1.70 bits per heavy atom. The van der Waals surface area contributed by atoms with Gasteiger partial charge in [0.2, 0.25) is 5.95 Å². The van der Waals surface area contributed by atoms with Crippen LogP contribution < -0.4 is 5.32 Å². The Hall–Kier alpha value is -2.97. The molecule has 33 heavy (non-hydrogen) atoms. The Morgan fingerprint density at radius 1 is 0.939 bits per heavy atom. The summed E-state index contributed by atoms with van der Waals surface area (Å²) in [5.74, 6) is 1.91. The zero-order valence-corrected chi connectivity index (χ0v) is 18.8. The molecule has 8 heteroatoms. The van der Waals surface area contributed by atoms with Crippen molar-refractivity contribution in [1.82, 2.24) is 24.8 Å². The first-order valence-electron chi connectivity index (χ1n) is 12.1. The fraction of sp³-hybridized carbons (Fsp3) is 0.480. The van der Waals surface area contributed by atoms with Crippen LogP contribution in [0.5, 0.6) is 0 Å². The van der Waals surface area contributed by atoms with Gasteiger partial charge in [-0.3, -0.25) is 5.10 Å². The van der Waals surface area contributed by atoms with Crippen LogP contribution in [0.1, 0.15) is 37.1 Å². The summed E-state index contributed by atoms with van der Waals surface area (Å²) in [5, 5.41) is 17.1. The van der Waals surface area contributed by atoms with Crippen molar-refractivity contribution in [2.45, 2.75) is 38.5 Å². The van der Waals surface area contributed by atoms with Crippen LogP contribution in [-0.2, 0) is 22.3 Å². The van der Waals surface area contributed by atoms with E-state index in [0.29, 0.717) is 17.8 Å². The van der Waals surface area contributed by atoms with Gasteiger partial charge in [-0.2, -0.15) is 10.1 Å². The van der Waals surface area contributed by atoms with E-state index >= 15 is 0 Å². The molecule has 2 saturated heterocycles. The molecule has 4 aromatic rings. The standard InChI is InChI=1S/C25H30N6O2/c1-2-20(14-17-6-10-32-11-7-17)31-24(3-1)27-25(30-31)26-19-4-5-21-22(28-29-23(21)16-19)15-18-8-12-33-13-9-18/h1-5,16-18H,6-15H2,(H,26,30)(H,28,29). The molecule has 0 aliphatic carbocycles. The normalized spacial score (nSPS) is 18.3. The minimum atomic E-state index is 0.603. The van der Waals surface area contributed by atoms with E-state index in [1.165, 1.54) is 16.8 Å². The van der Waals surface area contributed by atoms with Gasteiger partial charge in [0.25, 0.3) is 0 Å². The Kier molecular flexibility index (Phi) is 5.69. The first kappa shape index (κ1) is 20.6. The van der Waals surface area contributed by atoms with E-state index < -0.39 is 0 Å². The summed E-state index contributed by atoms with van der Waals surface area (Å²) in [6.07, 6.45) is 6.48. The van der Waals surface area contributed by atoms with Crippen LogP contribution >= 0.6 is 0 Å². The molecule has 0 radical (unpaired) electrons. The summed E-state index contributed by atoms with van der Waals surface area (Å²) in [7, 11) is 0. The molecule has 2 fully saturated rings. The van der Waals surface area contributed by atoms with Gasteiger partial charge in [-0.05, 0) is 80.7 Å². The number of aromatic nitrogens is 5. The molecule has 2 aliphatic heterocycles. The Bertz CT molecular complexity index is 1240. The number of fused-ring (bicyclic) bond motifs is 2. The monoisotopic (exact) mass is 446 g/mol. The zero-order chi connectivity index (χ0) is 22.0. The quantitative estimate of drug-likeness (QED) is 0.459. The molecule has 6 rings (SSSR count). The third-order valence-electron chi connectivity index (χ3n) is 7.00. The van der Waals surface area contributed by atoms with Crippen molar-refractivity contribution >= 4 is 28.2 Å². The van der Waals surface area contributed by atoms with Crippen LogP contribution in [0, 0.1) is 11.8 Å². The van der Waals surface area contributed by atoms with E-state index in [9.17, 15) is 0 Å². The first-order valence-corrected chi connectivity index (χ1v) is 12.1. The Balaban J connectivity index is 1.20. The highest BCUT2D eigenvalue weighted by Crippen LogP contribution is 2.27. The highest BCUT2D eigenvalue weighted by molar-refractivity contribution is 5.85. The summed E-state index contributed by atoms with van der Waals surface area (Å²) < 4.78 is 13.0. The predicted molar refractivity (Wildman–Crippen MR) is 127 cm³/mol. The van der Waals surface area contributed by atoms with Crippen LogP contribution in [-0.4, -0.2) is 51.2 Å². The van der Waals surface area contributed by atoms with E-state index in [1.54, 1.807) is 0 Å². The van der Waals surface area contributed by atoms with Crippen LogP contribution in [0.25, 0.3) is 16.6 Å². The highest BCUT2D eigenvalue weighted by Gasteiger charge is 2.18. The van der Waals surface area contributed by atoms with Crippen molar-refractivity contribution in [1.29, 1.82) is 0 Å². The molecule has 2 N–H and O–H groups in total. The third-order valence-corrected chi connectivity index (χ3v) is 7.00. The number of hydrogen-bond acceptors (Lipinski definition) is 6. The molecule has 172 valence electrons. The first-order chi connectivity index (χ1) is 16.3. The molecular weight excluding hydrogens is 416 g/mol. The number of H-pyrrole nitrogens is 1. The summed E-state index contributed by atoms with van der Waals surface area (Å²) in [6.45, 7) is 3.45. The van der Waals surface area contributed by atoms with Gasteiger partial charge >= 0.3 is 0 Å². The molecule has 0 spiro atoms. The molecule has 0 amide bonds. The second-order valence-corrected chi connectivity index (χ2v) is 9.30. The minimum absolute atomic E-state index is 0.603. The van der Waals surface area contributed by atoms with Crippen molar-refractivity contribution in [3.63, 3.8) is 0 Å². The van der Waals surface area contributed by atoms with E-state index in [1.807, 2.05) is 10.6 Å². The molecule has 0 atom stereocenters. The number of hydrogen-bond donors (Lipinski definition) is 2. The van der Waals surface area contributed by atoms with Crippen molar-refractivity contribution in [3.8, 4) is 0 Å². The Morgan fingerprint density at radius 3 is 2.48 bits per heavy atom. The van der Waals surface area contributed by atoms with Gasteiger partial charge in [0.1, 0.15) is 0 Å². The molecule has 8 nitrogen and oxygen atoms in total.